The summed E-state index contributed by atoms with van der Waals surface area (Å²) < 4.78 is 105. The Kier molecular flexibility index (Phi) is 48.5. The van der Waals surface area contributed by atoms with Crippen molar-refractivity contribution in [2.45, 2.75) is 150 Å². The monoisotopic (exact) mass is 2000 g/mol. The molecule has 692 valence electrons. The van der Waals surface area contributed by atoms with Crippen molar-refractivity contribution in [3.63, 3.8) is 0 Å². The molecular formula is C100H112BrCl2F2NO20P2Pd. The third kappa shape index (κ3) is 35.4. The average Bonchev–Trinajstić information content (AvgIpc) is 0.495. The van der Waals surface area contributed by atoms with Crippen LogP contribution in [0.5, 0.6) is 34.5 Å². The standard InChI is InChI=1S/C29H33FO10.C21H27BrO10.2C18H15P.C8H7F.C6H15N.2ClH.Pd/c1-7-23-26(36-16(2)31)27(37-17(3)32)28(38-18(4)33)29(39-23)40-25-20(14-22(34-5)15-24(25)35-6)11-8-19-9-12-21(30)13-10-19;1-7-15-18(28-10(2)23)19(29-11(3)24)20(30-12(4)25)21(31-15)32-17-14(22)8-13(26-5)9-16(17)27-6;2*1-4-10-16(11-5-1)19(17-12-6-2-7-13-17)18-14-8-3-9-15-18;1-2-7-3-5-8(9)6-4-7;1-4-7(5-2)6-3;;;/h8-15,23,26-29H,7H2,1-6H3;8-9,15,18-21H,7H2,1-6H3;2*1-15H;2-6H,1H2;4-6H2,1-3H3;2*1H;/q;;;;;;;;+2/p-2/b11-8+;;;;;;;;/t23-,26-,27+,28-,29?;15-,18-,19+,20-,21?;;;;;;;/m11......./s1. The third-order valence-electron chi connectivity index (χ3n) is 19.1. The number of benzene rings is 10. The van der Waals surface area contributed by atoms with Crippen LogP contribution < -0.4 is 60.2 Å². The second-order valence-corrected chi connectivity index (χ2v) is 35.6. The SMILES string of the molecule is C=Cc1ccc(F)cc1.CCN(CC)CC.CC[C@H]1OC(Oc2c(/C=C/c3ccc(F)cc3)cc(OC)cc2OC)[C@H](OC(C)=O)[C@@H](OC(C)=O)[C@@H]1OC(C)=O.CC[C@H]1OC(Oc2c(Br)cc(OC)cc2OC)[C@H](OC(C)=O)[C@@H](OC(C)=O)[C@@H]1OC(C)=O.[Cl][Pd][Cl].c1ccc(P(c2ccccc2)c2ccccc2)cc1.c1ccc(P(c2ccccc2)c2ccccc2)cc1. The van der Waals surface area contributed by atoms with Crippen LogP contribution in [-0.4, -0.2) is 150 Å². The summed E-state index contributed by atoms with van der Waals surface area (Å²) in [4.78, 5) is 73.8. The maximum Gasteiger partial charge on any atom is -0.0134 e. The molecule has 2 heterocycles. The molecule has 21 nitrogen and oxygen atoms in total. The first kappa shape index (κ1) is 107. The number of halogens is 5. The summed E-state index contributed by atoms with van der Waals surface area (Å²) in [5.74, 6) is -2.49. The van der Waals surface area contributed by atoms with E-state index in [1.54, 1.807) is 80.6 Å². The van der Waals surface area contributed by atoms with Gasteiger partial charge in [-0.1, -0.05) is 266 Å². The molecule has 0 radical (unpaired) electrons. The number of rotatable bonds is 28. The third-order valence-corrected chi connectivity index (χ3v) is 24.6. The van der Waals surface area contributed by atoms with Crippen LogP contribution in [0.2, 0.25) is 0 Å². The molecule has 0 saturated carbocycles. The van der Waals surface area contributed by atoms with E-state index in [9.17, 15) is 37.5 Å². The summed E-state index contributed by atoms with van der Waals surface area (Å²) in [7, 11) is 14.6. The fraction of sp³-hybridized carbons (Fsp3) is 0.300. The van der Waals surface area contributed by atoms with Gasteiger partial charge in [-0.15, -0.1) is 0 Å². The Morgan fingerprint density at radius 2 is 0.674 bits per heavy atom. The van der Waals surface area contributed by atoms with Crippen LogP contribution in [0.1, 0.15) is 106 Å². The number of ether oxygens (including phenoxy) is 14. The van der Waals surface area contributed by atoms with Crippen molar-refractivity contribution in [1.29, 1.82) is 0 Å². The minimum Gasteiger partial charge on any atom is -0.0622 e. The molecule has 10 aromatic rings. The average molecular weight is 2010 g/mol. The minimum absolute atomic E-state index is 0.106. The first-order valence-electron chi connectivity index (χ1n) is 41.3. The Hall–Kier alpha value is -10.4. The van der Waals surface area contributed by atoms with E-state index >= 15 is 0 Å². The number of methoxy groups -OCH3 is 4. The molecule has 12 rings (SSSR count). The largest absolute Gasteiger partial charge is 0.0622 e. The van der Waals surface area contributed by atoms with Gasteiger partial charge >= 0.3 is 70.8 Å². The summed E-state index contributed by atoms with van der Waals surface area (Å²) in [5.41, 5.74) is 2.15. The van der Waals surface area contributed by atoms with Crippen LogP contribution in [-0.2, 0) is 82.6 Å². The summed E-state index contributed by atoms with van der Waals surface area (Å²) in [5, 5.41) is 8.39. The van der Waals surface area contributed by atoms with Crippen molar-refractivity contribution < 1.29 is 120 Å². The molecule has 129 heavy (non-hydrogen) atoms. The molecule has 10 atom stereocenters. The van der Waals surface area contributed by atoms with E-state index in [1.165, 1.54) is 146 Å². The van der Waals surface area contributed by atoms with Crippen molar-refractivity contribution in [1.82, 2.24) is 4.90 Å². The summed E-state index contributed by atoms with van der Waals surface area (Å²) in [6, 6.07) is 83.3. The molecule has 0 aromatic heterocycles. The van der Waals surface area contributed by atoms with Gasteiger partial charge in [-0.25, -0.2) is 8.78 Å². The van der Waals surface area contributed by atoms with Crippen LogP contribution in [0, 0.1) is 11.6 Å². The Balaban J connectivity index is 0.000000255. The molecule has 2 unspecified atom stereocenters. The summed E-state index contributed by atoms with van der Waals surface area (Å²) in [6.07, 6.45) is -5.13. The van der Waals surface area contributed by atoms with E-state index in [0.717, 1.165) is 5.56 Å². The topological polar surface area (TPSA) is 235 Å². The molecule has 2 fully saturated rings. The molecule has 29 heteroatoms. The van der Waals surface area contributed by atoms with Crippen molar-refractivity contribution >= 4 is 137 Å². The maximum absolute atomic E-state index is 13.4. The van der Waals surface area contributed by atoms with Crippen molar-refractivity contribution in [3.8, 4) is 34.5 Å². The van der Waals surface area contributed by atoms with Gasteiger partial charge in [0.1, 0.15) is 35.3 Å². The molecule has 2 aliphatic heterocycles. The van der Waals surface area contributed by atoms with E-state index in [1.807, 2.05) is 0 Å². The van der Waals surface area contributed by atoms with Gasteiger partial charge < -0.3 is 71.2 Å². The number of hydrogen-bond donors (Lipinski definition) is 0. The second kappa shape index (κ2) is 58.3. The molecule has 0 N–H and O–H groups in total. The number of carbonyl (C=O) groups excluding carboxylic acids is 6. The van der Waals surface area contributed by atoms with Gasteiger partial charge in [-0.05, 0) is 144 Å². The second-order valence-electron chi connectivity index (χ2n) is 28.0. The number of nitrogens with zero attached hydrogens (tertiary/aromatic N) is 1. The Labute approximate surface area is 783 Å². The van der Waals surface area contributed by atoms with Crippen molar-refractivity contribution in [3.05, 3.63) is 294 Å². The van der Waals surface area contributed by atoms with E-state index in [4.69, 9.17) is 85.4 Å². The Morgan fingerprint density at radius 3 is 0.946 bits per heavy atom. The van der Waals surface area contributed by atoms with Crippen LogP contribution in [0.4, 0.5) is 8.78 Å². The quantitative estimate of drug-likeness (QED) is 0.0146. The predicted octanol–water partition coefficient (Wildman–Crippen LogP) is 19.2. The first-order valence-corrected chi connectivity index (χ1v) is 48.8. The normalized spacial score (nSPS) is 17.5. The van der Waals surface area contributed by atoms with E-state index in [2.05, 4.69) is 230 Å². The Bertz CT molecular complexity index is 4740. The maximum atomic E-state index is 13.4. The molecule has 0 spiro atoms. The van der Waals surface area contributed by atoms with Gasteiger partial charge in [0, 0.05) is 59.2 Å². The van der Waals surface area contributed by atoms with Crippen molar-refractivity contribution in [2.75, 3.05) is 48.1 Å². The molecule has 0 aliphatic carbocycles. The minimum atomic E-state index is -1.31. The van der Waals surface area contributed by atoms with E-state index in [0.29, 0.717) is 45.7 Å². The molecular weight excluding hydrogens is 1890 g/mol. The zero-order valence-corrected chi connectivity index (χ0v) is 81.2. The van der Waals surface area contributed by atoms with Crippen LogP contribution >= 0.6 is 50.8 Å². The number of carbonyl (C=O) groups is 6. The van der Waals surface area contributed by atoms with E-state index in [-0.39, 0.29) is 44.8 Å². The summed E-state index contributed by atoms with van der Waals surface area (Å²) in [6.45, 7) is 24.5. The summed E-state index contributed by atoms with van der Waals surface area (Å²) >= 11 is 3.30. The van der Waals surface area contributed by atoms with Crippen molar-refractivity contribution in [2.24, 2.45) is 0 Å². The molecule has 0 amide bonds. The van der Waals surface area contributed by atoms with Crippen LogP contribution in [0.25, 0.3) is 18.2 Å². The van der Waals surface area contributed by atoms with Gasteiger partial charge in [0.05, 0.1) is 32.9 Å². The predicted molar refractivity (Wildman–Crippen MR) is 507 cm³/mol. The van der Waals surface area contributed by atoms with Gasteiger partial charge in [0.15, 0.2) is 47.4 Å². The van der Waals surface area contributed by atoms with Crippen LogP contribution in [0.15, 0.2) is 266 Å². The fourth-order valence-electron chi connectivity index (χ4n) is 13.2. The number of esters is 6. The van der Waals surface area contributed by atoms with Gasteiger partial charge in [-0.3, -0.25) is 28.8 Å². The number of hydrogen-bond acceptors (Lipinski definition) is 21. The fourth-order valence-corrected chi connectivity index (χ4v) is 18.3. The van der Waals surface area contributed by atoms with Gasteiger partial charge in [-0.2, -0.15) is 0 Å². The zero-order chi connectivity index (χ0) is 94.3. The Morgan fingerprint density at radius 1 is 0.395 bits per heavy atom. The molecule has 2 aliphatic rings. The van der Waals surface area contributed by atoms with Gasteiger partial charge in [0.25, 0.3) is 0 Å². The zero-order valence-electron chi connectivity index (χ0n) is 74.7. The first-order chi connectivity index (χ1) is 62.1. The molecule has 0 bridgehead atoms. The van der Waals surface area contributed by atoms with E-state index < -0.39 is 113 Å². The van der Waals surface area contributed by atoms with Gasteiger partial charge in [0.2, 0.25) is 24.8 Å². The van der Waals surface area contributed by atoms with Crippen LogP contribution in [0.3, 0.4) is 0 Å². The molecule has 2 saturated heterocycles. The molecule has 10 aromatic carbocycles. The smallest absolute Gasteiger partial charge is 0.0134 e.